The van der Waals surface area contributed by atoms with Gasteiger partial charge in [0.05, 0.1) is 17.1 Å². The minimum atomic E-state index is -0.253. The highest BCUT2D eigenvalue weighted by molar-refractivity contribution is 7.09. The van der Waals surface area contributed by atoms with Gasteiger partial charge in [0, 0.05) is 12.0 Å². The summed E-state index contributed by atoms with van der Waals surface area (Å²) in [7, 11) is 0. The van der Waals surface area contributed by atoms with Crippen LogP contribution in [0, 0.1) is 6.92 Å². The molecule has 0 aliphatic carbocycles. The van der Waals surface area contributed by atoms with Gasteiger partial charge in [0.15, 0.2) is 5.78 Å². The molecule has 4 heteroatoms. The predicted molar refractivity (Wildman–Crippen MR) is 65.9 cm³/mol. The van der Waals surface area contributed by atoms with Crippen LogP contribution in [0.15, 0.2) is 5.38 Å². The lowest BCUT2D eigenvalue weighted by Gasteiger charge is -2.14. The molecule has 0 amide bonds. The molecule has 1 heterocycles. The second-order valence-corrected chi connectivity index (χ2v) is 4.80. The zero-order chi connectivity index (χ0) is 12.0. The number of ether oxygens (including phenoxy) is 1. The molecule has 1 aromatic heterocycles. The molecule has 1 atom stereocenters. The van der Waals surface area contributed by atoms with Crippen molar-refractivity contribution in [2.45, 2.75) is 46.1 Å². The van der Waals surface area contributed by atoms with Crippen molar-refractivity contribution >= 4 is 17.1 Å². The minimum absolute atomic E-state index is 0.147. The number of hydrogen-bond acceptors (Lipinski definition) is 4. The largest absolute Gasteiger partial charge is 0.371 e. The van der Waals surface area contributed by atoms with E-state index in [-0.39, 0.29) is 11.9 Å². The Morgan fingerprint density at radius 2 is 2.31 bits per heavy atom. The van der Waals surface area contributed by atoms with Gasteiger partial charge in [0.2, 0.25) is 0 Å². The molecule has 0 saturated heterocycles. The van der Waals surface area contributed by atoms with Gasteiger partial charge >= 0.3 is 0 Å². The predicted octanol–water partition coefficient (Wildman–Crippen LogP) is 2.77. The molecule has 0 spiro atoms. The number of Topliss-reactive ketones (excluding diaryl/α,β-unsaturated/α-hetero) is 1. The Kier molecular flexibility index (Phi) is 5.63. The van der Waals surface area contributed by atoms with E-state index in [2.05, 4.69) is 11.9 Å². The van der Waals surface area contributed by atoms with Gasteiger partial charge in [-0.25, -0.2) is 4.98 Å². The molecule has 0 saturated carbocycles. The molecule has 0 aromatic carbocycles. The fourth-order valence-electron chi connectivity index (χ4n) is 1.58. The number of hydrogen-bond donors (Lipinski definition) is 0. The number of ketones is 1. The van der Waals surface area contributed by atoms with Gasteiger partial charge in [-0.05, 0) is 20.3 Å². The molecule has 3 nitrogen and oxygen atoms in total. The third-order valence-electron chi connectivity index (χ3n) is 2.30. The molecule has 0 aliphatic heterocycles. The van der Waals surface area contributed by atoms with Crippen molar-refractivity contribution in [3.63, 3.8) is 0 Å². The number of aromatic nitrogens is 1. The summed E-state index contributed by atoms with van der Waals surface area (Å²) in [6, 6.07) is 0. The summed E-state index contributed by atoms with van der Waals surface area (Å²) in [4.78, 5) is 16.2. The number of rotatable bonds is 7. The van der Waals surface area contributed by atoms with E-state index in [0.717, 1.165) is 23.5 Å². The molecule has 0 fully saturated rings. The van der Waals surface area contributed by atoms with Crippen LogP contribution in [0.1, 0.15) is 37.4 Å². The van der Waals surface area contributed by atoms with Crippen LogP contribution in [0.2, 0.25) is 0 Å². The topological polar surface area (TPSA) is 39.2 Å². The van der Waals surface area contributed by atoms with E-state index in [4.69, 9.17) is 4.74 Å². The van der Waals surface area contributed by atoms with Crippen LogP contribution in [0.3, 0.4) is 0 Å². The minimum Gasteiger partial charge on any atom is -0.371 e. The first-order chi connectivity index (χ1) is 7.67. The quantitative estimate of drug-likeness (QED) is 0.737. The van der Waals surface area contributed by atoms with Crippen molar-refractivity contribution in [1.82, 2.24) is 4.98 Å². The van der Waals surface area contributed by atoms with Crippen molar-refractivity contribution < 1.29 is 9.53 Å². The van der Waals surface area contributed by atoms with E-state index in [1.165, 1.54) is 0 Å². The normalized spacial score (nSPS) is 12.7. The SMILES string of the molecule is CCCC(OCC)C(=O)Cc1csc(C)n1. The van der Waals surface area contributed by atoms with E-state index in [1.807, 2.05) is 19.2 Å². The number of carbonyl (C=O) groups excluding carboxylic acids is 1. The molecule has 0 bridgehead atoms. The van der Waals surface area contributed by atoms with Crippen LogP contribution in [-0.2, 0) is 16.0 Å². The third kappa shape index (κ3) is 4.02. The average molecular weight is 241 g/mol. The van der Waals surface area contributed by atoms with E-state index in [0.29, 0.717) is 13.0 Å². The van der Waals surface area contributed by atoms with Gasteiger partial charge in [0.1, 0.15) is 6.10 Å². The van der Waals surface area contributed by atoms with Crippen molar-refractivity contribution in [2.75, 3.05) is 6.61 Å². The van der Waals surface area contributed by atoms with Crippen molar-refractivity contribution in [1.29, 1.82) is 0 Å². The highest BCUT2D eigenvalue weighted by Crippen LogP contribution is 2.12. The highest BCUT2D eigenvalue weighted by Gasteiger charge is 2.18. The Morgan fingerprint density at radius 1 is 1.56 bits per heavy atom. The number of carbonyl (C=O) groups is 1. The molecule has 0 N–H and O–H groups in total. The summed E-state index contributed by atoms with van der Waals surface area (Å²) in [5, 5.41) is 2.95. The molecule has 0 aliphatic rings. The first kappa shape index (κ1) is 13.3. The lowest BCUT2D eigenvalue weighted by Crippen LogP contribution is -2.26. The monoisotopic (exact) mass is 241 g/mol. The summed E-state index contributed by atoms with van der Waals surface area (Å²) in [6.07, 6.45) is 1.91. The van der Waals surface area contributed by atoms with Crippen molar-refractivity contribution in [3.05, 3.63) is 16.1 Å². The van der Waals surface area contributed by atoms with E-state index >= 15 is 0 Å². The smallest absolute Gasteiger partial charge is 0.167 e. The van der Waals surface area contributed by atoms with Crippen LogP contribution in [0.4, 0.5) is 0 Å². The molecular weight excluding hydrogens is 222 g/mol. The maximum atomic E-state index is 11.9. The molecule has 90 valence electrons. The lowest BCUT2D eigenvalue weighted by molar-refractivity contribution is -0.130. The zero-order valence-corrected chi connectivity index (χ0v) is 11.0. The van der Waals surface area contributed by atoms with E-state index < -0.39 is 0 Å². The first-order valence-electron chi connectivity index (χ1n) is 5.72. The van der Waals surface area contributed by atoms with E-state index in [9.17, 15) is 4.79 Å². The summed E-state index contributed by atoms with van der Waals surface area (Å²) in [6.45, 7) is 6.52. The Bertz CT molecular complexity index is 330. The summed E-state index contributed by atoms with van der Waals surface area (Å²) in [5.41, 5.74) is 0.869. The van der Waals surface area contributed by atoms with Crippen LogP contribution in [0.25, 0.3) is 0 Å². The second-order valence-electron chi connectivity index (χ2n) is 3.73. The van der Waals surface area contributed by atoms with Crippen LogP contribution < -0.4 is 0 Å². The van der Waals surface area contributed by atoms with Gasteiger partial charge in [0.25, 0.3) is 0 Å². The molecule has 16 heavy (non-hydrogen) atoms. The molecule has 1 rings (SSSR count). The maximum Gasteiger partial charge on any atom is 0.167 e. The van der Waals surface area contributed by atoms with Crippen molar-refractivity contribution in [3.8, 4) is 0 Å². The van der Waals surface area contributed by atoms with Gasteiger partial charge in [-0.1, -0.05) is 13.3 Å². The standard InChI is InChI=1S/C12H19NO2S/c1-4-6-12(15-5-2)11(14)7-10-8-16-9(3)13-10/h8,12H,4-7H2,1-3H3. The third-order valence-corrected chi connectivity index (χ3v) is 3.12. The Balaban J connectivity index is 2.54. The summed E-state index contributed by atoms with van der Waals surface area (Å²) < 4.78 is 5.45. The van der Waals surface area contributed by atoms with Crippen LogP contribution >= 0.6 is 11.3 Å². The lowest BCUT2D eigenvalue weighted by atomic mass is 10.1. The maximum absolute atomic E-state index is 11.9. The number of aryl methyl sites for hydroxylation is 1. The molecule has 0 radical (unpaired) electrons. The first-order valence-corrected chi connectivity index (χ1v) is 6.60. The van der Waals surface area contributed by atoms with Crippen LogP contribution in [0.5, 0.6) is 0 Å². The average Bonchev–Trinajstić information content (AvgIpc) is 2.63. The highest BCUT2D eigenvalue weighted by atomic mass is 32.1. The van der Waals surface area contributed by atoms with Gasteiger partial charge in [-0.3, -0.25) is 4.79 Å². The fraction of sp³-hybridized carbons (Fsp3) is 0.667. The van der Waals surface area contributed by atoms with E-state index in [1.54, 1.807) is 11.3 Å². The van der Waals surface area contributed by atoms with Crippen molar-refractivity contribution in [2.24, 2.45) is 0 Å². The Hall–Kier alpha value is -0.740. The summed E-state index contributed by atoms with van der Waals surface area (Å²) >= 11 is 1.58. The van der Waals surface area contributed by atoms with Gasteiger partial charge in [-0.15, -0.1) is 11.3 Å². The molecule has 1 aromatic rings. The fourth-order valence-corrected chi connectivity index (χ4v) is 2.20. The second kappa shape index (κ2) is 6.76. The molecule has 1 unspecified atom stereocenters. The van der Waals surface area contributed by atoms with Gasteiger partial charge < -0.3 is 4.74 Å². The van der Waals surface area contributed by atoms with Crippen LogP contribution in [-0.4, -0.2) is 23.5 Å². The number of nitrogens with zero attached hydrogens (tertiary/aromatic N) is 1. The van der Waals surface area contributed by atoms with Gasteiger partial charge in [-0.2, -0.15) is 0 Å². The Morgan fingerprint density at radius 3 is 2.81 bits per heavy atom. The molecular formula is C12H19NO2S. The summed E-state index contributed by atoms with van der Waals surface area (Å²) in [5.74, 6) is 0.147. The zero-order valence-electron chi connectivity index (χ0n) is 10.2. The Labute approximate surface area is 101 Å². The number of thiazole rings is 1.